The van der Waals surface area contributed by atoms with Crippen LogP contribution in [-0.4, -0.2) is 30.9 Å². The molecular formula is C17H26N2O. The Hall–Kier alpha value is -1.35. The van der Waals surface area contributed by atoms with E-state index in [2.05, 4.69) is 24.3 Å². The lowest BCUT2D eigenvalue weighted by atomic mass is 9.83. The van der Waals surface area contributed by atoms with Gasteiger partial charge < -0.3 is 10.6 Å². The average Bonchev–Trinajstić information content (AvgIpc) is 2.50. The van der Waals surface area contributed by atoms with Crippen molar-refractivity contribution in [3.05, 3.63) is 35.4 Å². The van der Waals surface area contributed by atoms with Crippen LogP contribution in [0.25, 0.3) is 0 Å². The molecule has 1 unspecified atom stereocenters. The molecule has 0 bridgehead atoms. The van der Waals surface area contributed by atoms with Gasteiger partial charge in [0.25, 0.3) is 0 Å². The van der Waals surface area contributed by atoms with Crippen molar-refractivity contribution in [2.45, 2.75) is 38.5 Å². The van der Waals surface area contributed by atoms with Crippen LogP contribution in [0.2, 0.25) is 0 Å². The zero-order chi connectivity index (χ0) is 14.4. The molecule has 2 rings (SSSR count). The van der Waals surface area contributed by atoms with E-state index in [0.717, 1.165) is 51.6 Å². The fourth-order valence-electron chi connectivity index (χ4n) is 3.00. The third kappa shape index (κ3) is 3.83. The molecule has 0 heterocycles. The van der Waals surface area contributed by atoms with Gasteiger partial charge in [-0.05, 0) is 49.8 Å². The summed E-state index contributed by atoms with van der Waals surface area (Å²) in [7, 11) is 1.94. The van der Waals surface area contributed by atoms with Crippen LogP contribution in [0.4, 0.5) is 0 Å². The summed E-state index contributed by atoms with van der Waals surface area (Å²) in [5.74, 6) is 0.483. The lowest BCUT2D eigenvalue weighted by molar-refractivity contribution is -0.134. The van der Waals surface area contributed by atoms with Crippen molar-refractivity contribution >= 4 is 5.91 Å². The number of benzene rings is 1. The molecule has 0 saturated carbocycles. The minimum atomic E-state index is 0.171. The van der Waals surface area contributed by atoms with Crippen molar-refractivity contribution in [2.75, 3.05) is 20.1 Å². The molecular weight excluding hydrogens is 248 g/mol. The largest absolute Gasteiger partial charge is 0.346 e. The molecule has 1 aromatic carbocycles. The Morgan fingerprint density at radius 1 is 1.25 bits per heavy atom. The fourth-order valence-corrected chi connectivity index (χ4v) is 3.00. The van der Waals surface area contributed by atoms with Crippen LogP contribution in [-0.2, 0) is 17.6 Å². The van der Waals surface area contributed by atoms with E-state index < -0.39 is 0 Å². The molecule has 3 heteroatoms. The number of nitrogens with zero attached hydrogens (tertiary/aromatic N) is 1. The molecule has 0 aromatic heterocycles. The highest BCUT2D eigenvalue weighted by Gasteiger charge is 2.26. The van der Waals surface area contributed by atoms with Crippen LogP contribution in [0.3, 0.4) is 0 Å². The summed E-state index contributed by atoms with van der Waals surface area (Å²) in [6.07, 6.45) is 6.15. The zero-order valence-electron chi connectivity index (χ0n) is 12.5. The number of fused-ring (bicyclic) bond motifs is 1. The van der Waals surface area contributed by atoms with E-state index in [9.17, 15) is 4.79 Å². The summed E-state index contributed by atoms with van der Waals surface area (Å²) < 4.78 is 0. The van der Waals surface area contributed by atoms with E-state index in [-0.39, 0.29) is 5.92 Å². The van der Waals surface area contributed by atoms with Crippen LogP contribution in [0.5, 0.6) is 0 Å². The van der Waals surface area contributed by atoms with E-state index in [1.54, 1.807) is 0 Å². The maximum absolute atomic E-state index is 12.5. The van der Waals surface area contributed by atoms with E-state index in [1.807, 2.05) is 11.9 Å². The summed E-state index contributed by atoms with van der Waals surface area (Å²) in [6.45, 7) is 1.61. The Morgan fingerprint density at radius 3 is 2.75 bits per heavy atom. The number of unbranched alkanes of at least 4 members (excludes halogenated alkanes) is 2. The van der Waals surface area contributed by atoms with Gasteiger partial charge in [-0.1, -0.05) is 30.7 Å². The van der Waals surface area contributed by atoms with Crippen molar-refractivity contribution < 1.29 is 4.79 Å². The second kappa shape index (κ2) is 7.44. The Balaban J connectivity index is 1.84. The van der Waals surface area contributed by atoms with Gasteiger partial charge in [0.05, 0.1) is 0 Å². The number of carbonyl (C=O) groups is 1. The zero-order valence-corrected chi connectivity index (χ0v) is 12.5. The second-order valence-corrected chi connectivity index (χ2v) is 5.82. The maximum atomic E-state index is 12.5. The molecule has 0 saturated heterocycles. The van der Waals surface area contributed by atoms with Crippen LogP contribution in [0.1, 0.15) is 36.8 Å². The molecule has 0 aliphatic heterocycles. The standard InChI is InChI=1S/C17H26N2O/c1-19(12-6-2-5-11-18)17(20)16-10-9-14-7-3-4-8-15(14)13-16/h3-4,7-8,16H,2,5-6,9-13,18H2,1H3. The topological polar surface area (TPSA) is 46.3 Å². The van der Waals surface area contributed by atoms with Crippen LogP contribution in [0, 0.1) is 5.92 Å². The first-order chi connectivity index (χ1) is 9.72. The van der Waals surface area contributed by atoms with Crippen molar-refractivity contribution in [3.8, 4) is 0 Å². The van der Waals surface area contributed by atoms with Crippen molar-refractivity contribution in [2.24, 2.45) is 11.7 Å². The highest BCUT2D eigenvalue weighted by Crippen LogP contribution is 2.26. The molecule has 110 valence electrons. The number of nitrogens with two attached hydrogens (primary N) is 1. The lowest BCUT2D eigenvalue weighted by Crippen LogP contribution is -2.36. The normalized spacial score (nSPS) is 17.6. The van der Waals surface area contributed by atoms with E-state index in [4.69, 9.17) is 5.73 Å². The van der Waals surface area contributed by atoms with Gasteiger partial charge in [-0.15, -0.1) is 0 Å². The lowest BCUT2D eigenvalue weighted by Gasteiger charge is -2.28. The Morgan fingerprint density at radius 2 is 2.00 bits per heavy atom. The minimum Gasteiger partial charge on any atom is -0.346 e. The molecule has 1 aliphatic rings. The first kappa shape index (κ1) is 15.0. The average molecular weight is 274 g/mol. The molecule has 0 fully saturated rings. The van der Waals surface area contributed by atoms with Gasteiger partial charge in [-0.3, -0.25) is 4.79 Å². The molecule has 1 amide bonds. The molecule has 1 atom stereocenters. The van der Waals surface area contributed by atoms with Crippen LogP contribution in [0.15, 0.2) is 24.3 Å². The monoisotopic (exact) mass is 274 g/mol. The Labute approximate surface area is 122 Å². The fraction of sp³-hybridized carbons (Fsp3) is 0.588. The molecule has 1 aromatic rings. The summed E-state index contributed by atoms with van der Waals surface area (Å²) in [6, 6.07) is 8.51. The number of rotatable bonds is 6. The van der Waals surface area contributed by atoms with Gasteiger partial charge in [-0.25, -0.2) is 0 Å². The number of aryl methyl sites for hydroxylation is 1. The van der Waals surface area contributed by atoms with Crippen molar-refractivity contribution in [1.82, 2.24) is 4.90 Å². The van der Waals surface area contributed by atoms with Gasteiger partial charge in [-0.2, -0.15) is 0 Å². The quantitative estimate of drug-likeness (QED) is 0.810. The molecule has 0 spiro atoms. The Bertz CT molecular complexity index is 444. The second-order valence-electron chi connectivity index (χ2n) is 5.82. The van der Waals surface area contributed by atoms with Gasteiger partial charge in [0.1, 0.15) is 0 Å². The number of hydrogen-bond acceptors (Lipinski definition) is 2. The van der Waals surface area contributed by atoms with Crippen molar-refractivity contribution in [3.63, 3.8) is 0 Å². The SMILES string of the molecule is CN(CCCCCN)C(=O)C1CCc2ccccc2C1. The van der Waals surface area contributed by atoms with Crippen molar-refractivity contribution in [1.29, 1.82) is 0 Å². The number of carbonyl (C=O) groups excluding carboxylic acids is 1. The third-order valence-electron chi connectivity index (χ3n) is 4.27. The first-order valence-corrected chi connectivity index (χ1v) is 7.74. The van der Waals surface area contributed by atoms with Gasteiger partial charge in [0, 0.05) is 19.5 Å². The summed E-state index contributed by atoms with van der Waals surface area (Å²) in [5.41, 5.74) is 8.26. The van der Waals surface area contributed by atoms with E-state index in [0.29, 0.717) is 5.91 Å². The highest BCUT2D eigenvalue weighted by atomic mass is 16.2. The maximum Gasteiger partial charge on any atom is 0.225 e. The van der Waals surface area contributed by atoms with E-state index >= 15 is 0 Å². The molecule has 20 heavy (non-hydrogen) atoms. The summed E-state index contributed by atoms with van der Waals surface area (Å²) in [5, 5.41) is 0. The first-order valence-electron chi connectivity index (χ1n) is 7.74. The molecule has 1 aliphatic carbocycles. The number of amides is 1. The molecule has 3 nitrogen and oxygen atoms in total. The summed E-state index contributed by atoms with van der Waals surface area (Å²) >= 11 is 0. The van der Waals surface area contributed by atoms with Gasteiger partial charge in [0.2, 0.25) is 5.91 Å². The van der Waals surface area contributed by atoms with Gasteiger partial charge in [0.15, 0.2) is 0 Å². The smallest absolute Gasteiger partial charge is 0.225 e. The summed E-state index contributed by atoms with van der Waals surface area (Å²) in [4.78, 5) is 14.4. The van der Waals surface area contributed by atoms with Gasteiger partial charge >= 0.3 is 0 Å². The number of hydrogen-bond donors (Lipinski definition) is 1. The Kier molecular flexibility index (Phi) is 5.60. The van der Waals surface area contributed by atoms with Crippen LogP contribution < -0.4 is 5.73 Å². The third-order valence-corrected chi connectivity index (χ3v) is 4.27. The highest BCUT2D eigenvalue weighted by molar-refractivity contribution is 5.79. The predicted octanol–water partition coefficient (Wildman–Crippen LogP) is 2.38. The molecule has 2 N–H and O–H groups in total. The minimum absolute atomic E-state index is 0.171. The van der Waals surface area contributed by atoms with Crippen LogP contribution >= 0.6 is 0 Å². The predicted molar refractivity (Wildman–Crippen MR) is 82.5 cm³/mol. The molecule has 0 radical (unpaired) electrons. The van der Waals surface area contributed by atoms with E-state index in [1.165, 1.54) is 11.1 Å².